The first-order valence-electron chi connectivity index (χ1n) is 9.71. The Hall–Kier alpha value is -2.68. The highest BCUT2D eigenvalue weighted by Gasteiger charge is 2.25. The van der Waals surface area contributed by atoms with Crippen LogP contribution in [0.1, 0.15) is 42.3 Å². The third kappa shape index (κ3) is 6.16. The molecule has 0 saturated carbocycles. The van der Waals surface area contributed by atoms with Crippen molar-refractivity contribution in [2.75, 3.05) is 0 Å². The number of sulfonamides is 1. The van der Waals surface area contributed by atoms with Crippen molar-refractivity contribution in [3.05, 3.63) is 82.6 Å². The largest absolute Gasteiger partial charge is 0.348 e. The molecular formula is C22H25ClN4O3S. The van der Waals surface area contributed by atoms with Gasteiger partial charge in [-0.05, 0) is 56.2 Å². The van der Waals surface area contributed by atoms with Crippen LogP contribution in [0.25, 0.3) is 0 Å². The zero-order chi connectivity index (χ0) is 22.6. The van der Waals surface area contributed by atoms with Crippen molar-refractivity contribution < 1.29 is 13.2 Å². The lowest BCUT2D eigenvalue weighted by atomic mass is 10.1. The van der Waals surface area contributed by atoms with E-state index < -0.39 is 21.5 Å². The lowest BCUT2D eigenvalue weighted by Gasteiger charge is -2.21. The summed E-state index contributed by atoms with van der Waals surface area (Å²) in [6.45, 7) is 6.07. The molecule has 0 aliphatic heterocycles. The average molecular weight is 461 g/mol. The first-order valence-corrected chi connectivity index (χ1v) is 11.6. The van der Waals surface area contributed by atoms with E-state index in [2.05, 4.69) is 15.1 Å². The Morgan fingerprint density at radius 3 is 2.45 bits per heavy atom. The Kier molecular flexibility index (Phi) is 6.83. The van der Waals surface area contributed by atoms with Crippen LogP contribution in [-0.4, -0.2) is 29.6 Å². The Labute approximate surface area is 187 Å². The zero-order valence-electron chi connectivity index (χ0n) is 17.6. The summed E-state index contributed by atoms with van der Waals surface area (Å²) in [5.41, 5.74) is 1.50. The van der Waals surface area contributed by atoms with E-state index in [-0.39, 0.29) is 15.5 Å². The highest BCUT2D eigenvalue weighted by atomic mass is 35.5. The van der Waals surface area contributed by atoms with Crippen molar-refractivity contribution in [1.29, 1.82) is 0 Å². The van der Waals surface area contributed by atoms with Crippen molar-refractivity contribution in [2.45, 2.75) is 44.3 Å². The number of nitrogens with one attached hydrogen (secondary N) is 2. The Balaban J connectivity index is 1.77. The van der Waals surface area contributed by atoms with Crippen LogP contribution in [0.5, 0.6) is 0 Å². The minimum atomic E-state index is -3.88. The number of amides is 1. The fraction of sp³-hybridized carbons (Fsp3) is 0.273. The van der Waals surface area contributed by atoms with Gasteiger partial charge >= 0.3 is 0 Å². The predicted molar refractivity (Wildman–Crippen MR) is 120 cm³/mol. The number of carbonyl (C=O) groups excluding carboxylic acids is 1. The van der Waals surface area contributed by atoms with Crippen LogP contribution < -0.4 is 10.0 Å². The average Bonchev–Trinajstić information content (AvgIpc) is 3.18. The topological polar surface area (TPSA) is 93.1 Å². The molecule has 0 unspecified atom stereocenters. The molecule has 0 atom stereocenters. The van der Waals surface area contributed by atoms with Gasteiger partial charge in [-0.3, -0.25) is 9.48 Å². The maximum absolute atomic E-state index is 12.7. The zero-order valence-corrected chi connectivity index (χ0v) is 19.2. The number of halogens is 1. The van der Waals surface area contributed by atoms with Gasteiger partial charge in [0.25, 0.3) is 5.91 Å². The molecule has 0 radical (unpaired) electrons. The third-order valence-electron chi connectivity index (χ3n) is 4.37. The molecule has 31 heavy (non-hydrogen) atoms. The van der Waals surface area contributed by atoms with Gasteiger partial charge in [0.05, 0.1) is 11.6 Å². The van der Waals surface area contributed by atoms with Crippen LogP contribution in [0.4, 0.5) is 0 Å². The summed E-state index contributed by atoms with van der Waals surface area (Å²) >= 11 is 6.12. The Bertz CT molecular complexity index is 1170. The van der Waals surface area contributed by atoms with E-state index in [0.29, 0.717) is 13.1 Å². The molecular weight excluding hydrogens is 436 g/mol. The summed E-state index contributed by atoms with van der Waals surface area (Å²) in [6, 6.07) is 13.8. The van der Waals surface area contributed by atoms with Gasteiger partial charge in [-0.25, -0.2) is 13.1 Å². The van der Waals surface area contributed by atoms with E-state index in [1.165, 1.54) is 18.2 Å². The highest BCUT2D eigenvalue weighted by molar-refractivity contribution is 7.89. The third-order valence-corrected chi connectivity index (χ3v) is 6.61. The van der Waals surface area contributed by atoms with Crippen LogP contribution in [0.15, 0.2) is 65.8 Å². The first-order chi connectivity index (χ1) is 14.5. The molecule has 164 valence electrons. The minimum absolute atomic E-state index is 0.0536. The van der Waals surface area contributed by atoms with E-state index >= 15 is 0 Å². The van der Waals surface area contributed by atoms with Crippen LogP contribution in [-0.2, 0) is 23.1 Å². The summed E-state index contributed by atoms with van der Waals surface area (Å²) < 4.78 is 29.7. The molecule has 0 spiro atoms. The van der Waals surface area contributed by atoms with E-state index in [9.17, 15) is 13.2 Å². The summed E-state index contributed by atoms with van der Waals surface area (Å²) in [4.78, 5) is 12.6. The molecule has 0 bridgehead atoms. The minimum Gasteiger partial charge on any atom is -0.348 e. The SMILES string of the molecule is CC(C)(C)NS(=O)(=O)c1cc(C(=O)NCc2ccccc2Cn2cccn2)ccc1Cl. The fourth-order valence-electron chi connectivity index (χ4n) is 3.04. The van der Waals surface area contributed by atoms with Crippen LogP contribution >= 0.6 is 11.6 Å². The highest BCUT2D eigenvalue weighted by Crippen LogP contribution is 2.24. The second-order valence-electron chi connectivity index (χ2n) is 8.16. The van der Waals surface area contributed by atoms with Gasteiger partial charge in [0.1, 0.15) is 4.90 Å². The number of nitrogens with zero attached hydrogens (tertiary/aromatic N) is 2. The van der Waals surface area contributed by atoms with Crippen LogP contribution in [0.3, 0.4) is 0 Å². The van der Waals surface area contributed by atoms with Crippen LogP contribution in [0.2, 0.25) is 5.02 Å². The predicted octanol–water partition coefficient (Wildman–Crippen LogP) is 3.59. The Morgan fingerprint density at radius 2 is 1.81 bits per heavy atom. The van der Waals surface area contributed by atoms with Crippen molar-refractivity contribution in [1.82, 2.24) is 19.8 Å². The van der Waals surface area contributed by atoms with Crippen molar-refractivity contribution in [3.8, 4) is 0 Å². The molecule has 3 aromatic rings. The first kappa shape index (κ1) is 23.0. The molecule has 3 rings (SSSR count). The molecule has 1 aromatic heterocycles. The number of hydrogen-bond acceptors (Lipinski definition) is 4. The lowest BCUT2D eigenvalue weighted by molar-refractivity contribution is 0.0950. The van der Waals surface area contributed by atoms with Crippen LogP contribution in [0, 0.1) is 0 Å². The molecule has 2 N–H and O–H groups in total. The molecule has 7 nitrogen and oxygen atoms in total. The van der Waals surface area contributed by atoms with Gasteiger partial charge in [0.15, 0.2) is 0 Å². The number of carbonyl (C=O) groups is 1. The van der Waals surface area contributed by atoms with E-state index in [1.54, 1.807) is 31.6 Å². The number of hydrogen-bond donors (Lipinski definition) is 2. The second-order valence-corrected chi connectivity index (χ2v) is 10.2. The molecule has 0 aliphatic rings. The number of aromatic nitrogens is 2. The monoisotopic (exact) mass is 460 g/mol. The lowest BCUT2D eigenvalue weighted by Crippen LogP contribution is -2.40. The van der Waals surface area contributed by atoms with Crippen molar-refractivity contribution in [3.63, 3.8) is 0 Å². The molecule has 1 amide bonds. The molecule has 0 fully saturated rings. The summed E-state index contributed by atoms with van der Waals surface area (Å²) in [5.74, 6) is -0.391. The molecule has 0 saturated heterocycles. The quantitative estimate of drug-likeness (QED) is 0.563. The van der Waals surface area contributed by atoms with Gasteiger partial charge in [0, 0.05) is 30.0 Å². The van der Waals surface area contributed by atoms with E-state index in [1.807, 2.05) is 36.5 Å². The second kappa shape index (κ2) is 9.21. The summed E-state index contributed by atoms with van der Waals surface area (Å²) in [6.07, 6.45) is 3.59. The van der Waals surface area contributed by atoms with Gasteiger partial charge in [-0.1, -0.05) is 35.9 Å². The molecule has 2 aromatic carbocycles. The van der Waals surface area contributed by atoms with Gasteiger partial charge in [-0.15, -0.1) is 0 Å². The smallest absolute Gasteiger partial charge is 0.251 e. The van der Waals surface area contributed by atoms with Gasteiger partial charge < -0.3 is 5.32 Å². The fourth-order valence-corrected chi connectivity index (χ4v) is 4.98. The molecule has 9 heteroatoms. The number of rotatable bonds is 7. The van der Waals surface area contributed by atoms with Gasteiger partial charge in [0.2, 0.25) is 10.0 Å². The van der Waals surface area contributed by atoms with Gasteiger partial charge in [-0.2, -0.15) is 5.10 Å². The number of benzene rings is 2. The van der Waals surface area contributed by atoms with Crippen molar-refractivity contribution in [2.24, 2.45) is 0 Å². The van der Waals surface area contributed by atoms with E-state index in [0.717, 1.165) is 11.1 Å². The standard InChI is InChI=1S/C22H25ClN4O3S/c1-22(2,3)26-31(29,30)20-13-16(9-10-19(20)23)21(28)24-14-17-7-4-5-8-18(17)15-27-12-6-11-25-27/h4-13,26H,14-15H2,1-3H3,(H,24,28). The Morgan fingerprint density at radius 1 is 1.10 bits per heavy atom. The maximum Gasteiger partial charge on any atom is 0.251 e. The van der Waals surface area contributed by atoms with E-state index in [4.69, 9.17) is 11.6 Å². The molecule has 1 heterocycles. The maximum atomic E-state index is 12.7. The van der Waals surface area contributed by atoms with Crippen molar-refractivity contribution >= 4 is 27.5 Å². The normalized spacial score (nSPS) is 12.0. The molecule has 0 aliphatic carbocycles. The summed E-state index contributed by atoms with van der Waals surface area (Å²) in [7, 11) is -3.88. The summed E-state index contributed by atoms with van der Waals surface area (Å²) in [5, 5.41) is 7.12.